The van der Waals surface area contributed by atoms with Crippen LogP contribution in [0.5, 0.6) is 23.0 Å². The molecule has 0 saturated heterocycles. The van der Waals surface area contributed by atoms with Crippen molar-refractivity contribution in [3.8, 4) is 23.0 Å². The van der Waals surface area contributed by atoms with Crippen molar-refractivity contribution >= 4 is 12.0 Å². The van der Waals surface area contributed by atoms with E-state index in [1.54, 1.807) is 12.1 Å². The first kappa shape index (κ1) is 18.9. The molecule has 0 aliphatic rings. The minimum Gasteiger partial charge on any atom is -0.502 e. The molecule has 26 heavy (non-hydrogen) atoms. The molecule has 0 unspecified atom stereocenters. The highest BCUT2D eigenvalue weighted by molar-refractivity contribution is 5.87. The summed E-state index contributed by atoms with van der Waals surface area (Å²) < 4.78 is 25.6. The SMILES string of the molecule is COc1cc(/C=C/C(=O)OCc2cc(=O)c(O)co2)cc(OC)c1OC. The summed E-state index contributed by atoms with van der Waals surface area (Å²) in [6.45, 7) is -0.242. The number of carbonyl (C=O) groups is 1. The number of esters is 1. The second-order valence-corrected chi connectivity index (χ2v) is 5.00. The molecule has 0 bridgehead atoms. The number of aromatic hydroxyl groups is 1. The molecule has 0 aliphatic carbocycles. The van der Waals surface area contributed by atoms with Crippen molar-refractivity contribution in [1.29, 1.82) is 0 Å². The number of benzene rings is 1. The summed E-state index contributed by atoms with van der Waals surface area (Å²) in [4.78, 5) is 23.1. The van der Waals surface area contributed by atoms with E-state index in [9.17, 15) is 9.59 Å². The Morgan fingerprint density at radius 1 is 1.12 bits per heavy atom. The summed E-state index contributed by atoms with van der Waals surface area (Å²) in [5.41, 5.74) is 0.0166. The number of carbonyl (C=O) groups excluding carboxylic acids is 1. The van der Waals surface area contributed by atoms with E-state index >= 15 is 0 Å². The smallest absolute Gasteiger partial charge is 0.331 e. The molecule has 2 rings (SSSR count). The maximum Gasteiger partial charge on any atom is 0.331 e. The van der Waals surface area contributed by atoms with E-state index in [2.05, 4.69) is 0 Å². The van der Waals surface area contributed by atoms with Crippen molar-refractivity contribution in [1.82, 2.24) is 0 Å². The summed E-state index contributed by atoms with van der Waals surface area (Å²) in [6, 6.07) is 4.39. The van der Waals surface area contributed by atoms with Crippen LogP contribution in [-0.4, -0.2) is 32.4 Å². The molecule has 0 aliphatic heterocycles. The van der Waals surface area contributed by atoms with Crippen LogP contribution in [0.25, 0.3) is 6.08 Å². The Hall–Kier alpha value is -3.42. The maximum atomic E-state index is 11.8. The fourth-order valence-corrected chi connectivity index (χ4v) is 2.07. The Kier molecular flexibility index (Phi) is 6.26. The molecule has 8 nitrogen and oxygen atoms in total. The van der Waals surface area contributed by atoms with E-state index in [4.69, 9.17) is 28.5 Å². The van der Waals surface area contributed by atoms with Gasteiger partial charge in [-0.15, -0.1) is 0 Å². The average molecular weight is 362 g/mol. The maximum absolute atomic E-state index is 11.8. The van der Waals surface area contributed by atoms with E-state index in [1.807, 2.05) is 0 Å². The van der Waals surface area contributed by atoms with Crippen LogP contribution in [0.1, 0.15) is 11.3 Å². The molecule has 1 heterocycles. The van der Waals surface area contributed by atoms with Gasteiger partial charge in [0.2, 0.25) is 11.2 Å². The molecule has 1 N–H and O–H groups in total. The standard InChI is InChI=1S/C18H18O8/c1-22-15-6-11(7-16(23-2)18(15)24-3)4-5-17(21)26-9-12-8-13(19)14(20)10-25-12/h4-8,10,20H,9H2,1-3H3/b5-4+. The van der Waals surface area contributed by atoms with E-state index in [1.165, 1.54) is 33.5 Å². The second kappa shape index (κ2) is 8.61. The van der Waals surface area contributed by atoms with Gasteiger partial charge in [0.1, 0.15) is 18.6 Å². The highest BCUT2D eigenvalue weighted by Crippen LogP contribution is 2.38. The summed E-state index contributed by atoms with van der Waals surface area (Å²) >= 11 is 0. The highest BCUT2D eigenvalue weighted by atomic mass is 16.5. The molecule has 0 spiro atoms. The number of hydrogen-bond acceptors (Lipinski definition) is 8. The molecule has 138 valence electrons. The summed E-state index contributed by atoms with van der Waals surface area (Å²) in [7, 11) is 4.48. The van der Waals surface area contributed by atoms with Crippen molar-refractivity contribution in [2.24, 2.45) is 0 Å². The van der Waals surface area contributed by atoms with Gasteiger partial charge in [0, 0.05) is 12.1 Å². The van der Waals surface area contributed by atoms with Crippen LogP contribution in [0.4, 0.5) is 0 Å². The van der Waals surface area contributed by atoms with Crippen LogP contribution in [0.15, 0.2) is 39.7 Å². The summed E-state index contributed by atoms with van der Waals surface area (Å²) in [5.74, 6) is 0.299. The molecular formula is C18H18O8. The van der Waals surface area contributed by atoms with Crippen LogP contribution in [-0.2, 0) is 16.1 Å². The van der Waals surface area contributed by atoms with E-state index in [-0.39, 0.29) is 12.4 Å². The zero-order valence-corrected chi connectivity index (χ0v) is 14.5. The van der Waals surface area contributed by atoms with Crippen molar-refractivity contribution in [2.45, 2.75) is 6.61 Å². The lowest BCUT2D eigenvalue weighted by molar-refractivity contribution is -0.139. The first-order valence-electron chi connectivity index (χ1n) is 7.44. The lowest BCUT2D eigenvalue weighted by Crippen LogP contribution is -2.04. The average Bonchev–Trinajstić information content (AvgIpc) is 2.66. The van der Waals surface area contributed by atoms with Gasteiger partial charge in [-0.3, -0.25) is 4.79 Å². The van der Waals surface area contributed by atoms with Gasteiger partial charge in [-0.1, -0.05) is 0 Å². The lowest BCUT2D eigenvalue weighted by Gasteiger charge is -2.12. The first-order valence-corrected chi connectivity index (χ1v) is 7.44. The number of ether oxygens (including phenoxy) is 4. The monoisotopic (exact) mass is 362 g/mol. The van der Waals surface area contributed by atoms with Crippen LogP contribution in [0.3, 0.4) is 0 Å². The predicted octanol–water partition coefficient (Wildman–Crippen LogP) is 2.13. The third-order valence-electron chi connectivity index (χ3n) is 3.32. The van der Waals surface area contributed by atoms with Gasteiger partial charge in [0.25, 0.3) is 0 Å². The Morgan fingerprint density at radius 3 is 2.31 bits per heavy atom. The number of hydrogen-bond donors (Lipinski definition) is 1. The van der Waals surface area contributed by atoms with Crippen LogP contribution in [0, 0.1) is 0 Å². The molecular weight excluding hydrogens is 344 g/mol. The topological polar surface area (TPSA) is 104 Å². The molecule has 1 aromatic heterocycles. The quantitative estimate of drug-likeness (QED) is 0.590. The second-order valence-electron chi connectivity index (χ2n) is 5.00. The van der Waals surface area contributed by atoms with Gasteiger partial charge in [-0.05, 0) is 23.8 Å². The van der Waals surface area contributed by atoms with Crippen LogP contribution < -0.4 is 19.6 Å². The largest absolute Gasteiger partial charge is 0.502 e. The first-order chi connectivity index (χ1) is 12.5. The molecule has 0 saturated carbocycles. The molecule has 1 aromatic carbocycles. The molecule has 0 amide bonds. The van der Waals surface area contributed by atoms with Crippen LogP contribution >= 0.6 is 0 Å². The van der Waals surface area contributed by atoms with Gasteiger partial charge in [-0.25, -0.2) is 4.79 Å². The molecule has 0 fully saturated rings. The number of rotatable bonds is 7. The predicted molar refractivity (Wildman–Crippen MR) is 91.6 cm³/mol. The van der Waals surface area contributed by atoms with Gasteiger partial charge in [0.15, 0.2) is 17.2 Å². The van der Waals surface area contributed by atoms with E-state index < -0.39 is 17.1 Å². The fourth-order valence-electron chi connectivity index (χ4n) is 2.07. The van der Waals surface area contributed by atoms with Gasteiger partial charge in [-0.2, -0.15) is 0 Å². The summed E-state index contributed by atoms with van der Waals surface area (Å²) in [5, 5.41) is 9.10. The van der Waals surface area contributed by atoms with E-state index in [0.717, 1.165) is 12.3 Å². The normalized spacial score (nSPS) is 10.6. The van der Waals surface area contributed by atoms with Gasteiger partial charge >= 0.3 is 5.97 Å². The number of methoxy groups -OCH3 is 3. The zero-order chi connectivity index (χ0) is 19.1. The van der Waals surface area contributed by atoms with Crippen molar-refractivity contribution < 1.29 is 33.3 Å². The minimum absolute atomic E-state index is 0.113. The van der Waals surface area contributed by atoms with Crippen molar-refractivity contribution in [2.75, 3.05) is 21.3 Å². The zero-order valence-electron chi connectivity index (χ0n) is 14.5. The molecule has 0 atom stereocenters. The third kappa shape index (κ3) is 4.56. The van der Waals surface area contributed by atoms with Crippen molar-refractivity contribution in [3.63, 3.8) is 0 Å². The third-order valence-corrected chi connectivity index (χ3v) is 3.32. The minimum atomic E-state index is -0.644. The highest BCUT2D eigenvalue weighted by Gasteiger charge is 2.12. The lowest BCUT2D eigenvalue weighted by atomic mass is 10.1. The molecule has 2 aromatic rings. The van der Waals surface area contributed by atoms with Crippen molar-refractivity contribution in [3.05, 3.63) is 52.1 Å². The van der Waals surface area contributed by atoms with E-state index in [0.29, 0.717) is 22.8 Å². The van der Waals surface area contributed by atoms with Crippen LogP contribution in [0.2, 0.25) is 0 Å². The Labute approximate surface area is 149 Å². The van der Waals surface area contributed by atoms with Gasteiger partial charge < -0.3 is 28.5 Å². The van der Waals surface area contributed by atoms with Gasteiger partial charge in [0.05, 0.1) is 21.3 Å². The Bertz CT molecular complexity index is 841. The Morgan fingerprint density at radius 2 is 1.77 bits per heavy atom. The molecule has 0 radical (unpaired) electrons. The Balaban J connectivity index is 2.07. The molecule has 8 heteroatoms. The fraction of sp³-hybridized carbons (Fsp3) is 0.222. The summed E-state index contributed by atoms with van der Waals surface area (Å²) in [6.07, 6.45) is 3.61.